The molecule has 5 heteroatoms. The third-order valence-corrected chi connectivity index (χ3v) is 3.18. The summed E-state index contributed by atoms with van der Waals surface area (Å²) in [5, 5.41) is 12.0. The van der Waals surface area contributed by atoms with Gasteiger partial charge in [0.05, 0.1) is 0 Å². The standard InChI is InChI=1S/C15H16N2O3/c1-2-3-6-9-16-15(20)17-12-8-5-4-7-11(12)10-13(17)14(18)19/h4-5,7-8,13H,6,9-10H2,1H3,(H,16,20)(H,18,19)/t13-/m0/s1. The monoisotopic (exact) mass is 272 g/mol. The molecule has 2 amide bonds. The number of fused-ring (bicyclic) bond motifs is 1. The Morgan fingerprint density at radius 3 is 2.90 bits per heavy atom. The summed E-state index contributed by atoms with van der Waals surface area (Å²) in [6, 6.07) is 6.03. The van der Waals surface area contributed by atoms with E-state index < -0.39 is 12.0 Å². The number of hydrogen-bond donors (Lipinski definition) is 2. The largest absolute Gasteiger partial charge is 0.480 e. The minimum absolute atomic E-state index is 0.341. The van der Waals surface area contributed by atoms with E-state index in [0.29, 0.717) is 25.1 Å². The molecule has 1 aromatic carbocycles. The van der Waals surface area contributed by atoms with Crippen molar-refractivity contribution in [3.8, 4) is 11.8 Å². The summed E-state index contributed by atoms with van der Waals surface area (Å²) in [7, 11) is 0. The van der Waals surface area contributed by atoms with Crippen LogP contribution in [0.2, 0.25) is 0 Å². The SMILES string of the molecule is CC#CCCNC(=O)N1c2ccccc2C[C@H]1C(=O)O. The number of aliphatic carboxylic acids is 1. The first-order valence-corrected chi connectivity index (χ1v) is 6.42. The molecule has 0 aromatic heterocycles. The maximum atomic E-state index is 12.2. The van der Waals surface area contributed by atoms with E-state index in [4.69, 9.17) is 0 Å². The van der Waals surface area contributed by atoms with Gasteiger partial charge in [-0.25, -0.2) is 9.59 Å². The Bertz CT molecular complexity index is 586. The van der Waals surface area contributed by atoms with Crippen LogP contribution in [0, 0.1) is 11.8 Å². The number of hydrogen-bond acceptors (Lipinski definition) is 2. The topological polar surface area (TPSA) is 69.6 Å². The number of benzene rings is 1. The van der Waals surface area contributed by atoms with E-state index >= 15 is 0 Å². The van der Waals surface area contributed by atoms with Crippen LogP contribution in [-0.2, 0) is 11.2 Å². The fraction of sp³-hybridized carbons (Fsp3) is 0.333. The summed E-state index contributed by atoms with van der Waals surface area (Å²) in [6.45, 7) is 2.14. The lowest BCUT2D eigenvalue weighted by Crippen LogP contribution is -2.48. The summed E-state index contributed by atoms with van der Waals surface area (Å²) in [5.41, 5.74) is 1.54. The zero-order valence-corrected chi connectivity index (χ0v) is 11.2. The van der Waals surface area contributed by atoms with Crippen LogP contribution in [0.15, 0.2) is 24.3 Å². The number of amides is 2. The molecule has 104 valence electrons. The Hall–Kier alpha value is -2.48. The van der Waals surface area contributed by atoms with Gasteiger partial charge in [0.2, 0.25) is 0 Å². The summed E-state index contributed by atoms with van der Waals surface area (Å²) >= 11 is 0. The number of anilines is 1. The number of para-hydroxylation sites is 1. The smallest absolute Gasteiger partial charge is 0.327 e. The molecule has 0 saturated carbocycles. The number of rotatable bonds is 3. The van der Waals surface area contributed by atoms with Crippen LogP contribution in [0.25, 0.3) is 0 Å². The average Bonchev–Trinajstić information content (AvgIpc) is 2.83. The third-order valence-electron chi connectivity index (χ3n) is 3.18. The molecule has 0 radical (unpaired) electrons. The molecule has 20 heavy (non-hydrogen) atoms. The minimum Gasteiger partial charge on any atom is -0.480 e. The van der Waals surface area contributed by atoms with Crippen molar-refractivity contribution in [2.75, 3.05) is 11.4 Å². The number of nitrogens with one attached hydrogen (secondary N) is 1. The van der Waals surface area contributed by atoms with Crippen molar-refractivity contribution >= 4 is 17.7 Å². The van der Waals surface area contributed by atoms with Gasteiger partial charge < -0.3 is 10.4 Å². The molecule has 0 saturated heterocycles. The van der Waals surface area contributed by atoms with Crippen LogP contribution in [0.5, 0.6) is 0 Å². The van der Waals surface area contributed by atoms with Gasteiger partial charge in [0, 0.05) is 25.1 Å². The summed E-state index contributed by atoms with van der Waals surface area (Å²) in [5.74, 6) is 4.60. The van der Waals surface area contributed by atoms with E-state index in [0.717, 1.165) is 5.56 Å². The van der Waals surface area contributed by atoms with Crippen molar-refractivity contribution in [1.29, 1.82) is 0 Å². The van der Waals surface area contributed by atoms with Crippen LogP contribution in [0.3, 0.4) is 0 Å². The van der Waals surface area contributed by atoms with Crippen molar-refractivity contribution in [1.82, 2.24) is 5.32 Å². The maximum absolute atomic E-state index is 12.2. The van der Waals surface area contributed by atoms with Crippen LogP contribution in [0.1, 0.15) is 18.9 Å². The first-order valence-electron chi connectivity index (χ1n) is 6.42. The number of carbonyl (C=O) groups excluding carboxylic acids is 1. The summed E-state index contributed by atoms with van der Waals surface area (Å²) < 4.78 is 0. The molecule has 0 fully saturated rings. The molecular weight excluding hydrogens is 256 g/mol. The first-order chi connectivity index (χ1) is 9.65. The second-order valence-corrected chi connectivity index (χ2v) is 4.47. The first kappa shape index (κ1) is 13.9. The lowest BCUT2D eigenvalue weighted by atomic mass is 10.1. The fourth-order valence-electron chi connectivity index (χ4n) is 2.28. The van der Waals surface area contributed by atoms with Gasteiger partial charge in [-0.2, -0.15) is 0 Å². The van der Waals surface area contributed by atoms with E-state index in [-0.39, 0.29) is 6.03 Å². The van der Waals surface area contributed by atoms with E-state index in [1.54, 1.807) is 19.1 Å². The van der Waals surface area contributed by atoms with Crippen LogP contribution in [0.4, 0.5) is 10.5 Å². The molecule has 0 bridgehead atoms. The predicted molar refractivity (Wildman–Crippen MR) is 75.5 cm³/mol. The molecule has 0 aliphatic carbocycles. The van der Waals surface area contributed by atoms with Crippen molar-refractivity contribution in [2.45, 2.75) is 25.8 Å². The van der Waals surface area contributed by atoms with Gasteiger partial charge in [-0.1, -0.05) is 18.2 Å². The van der Waals surface area contributed by atoms with Crippen molar-refractivity contribution in [3.05, 3.63) is 29.8 Å². The predicted octanol–water partition coefficient (Wildman–Crippen LogP) is 1.63. The zero-order chi connectivity index (χ0) is 14.5. The highest BCUT2D eigenvalue weighted by Crippen LogP contribution is 2.32. The number of carboxylic acid groups (broad SMARTS) is 1. The Balaban J connectivity index is 2.15. The Labute approximate surface area is 117 Å². The average molecular weight is 272 g/mol. The Morgan fingerprint density at radius 2 is 2.20 bits per heavy atom. The van der Waals surface area contributed by atoms with Crippen LogP contribution < -0.4 is 10.2 Å². The molecule has 1 aromatic rings. The quantitative estimate of drug-likeness (QED) is 0.649. The molecule has 0 spiro atoms. The van der Waals surface area contributed by atoms with Crippen LogP contribution in [-0.4, -0.2) is 29.7 Å². The highest BCUT2D eigenvalue weighted by Gasteiger charge is 2.38. The maximum Gasteiger partial charge on any atom is 0.327 e. The van der Waals surface area contributed by atoms with E-state index in [9.17, 15) is 14.7 Å². The molecule has 0 unspecified atom stereocenters. The molecule has 2 rings (SSSR count). The van der Waals surface area contributed by atoms with Gasteiger partial charge in [-0.15, -0.1) is 11.8 Å². The van der Waals surface area contributed by atoms with E-state index in [1.165, 1.54) is 4.90 Å². The highest BCUT2D eigenvalue weighted by atomic mass is 16.4. The molecular formula is C15H16N2O3. The number of carbonyl (C=O) groups is 2. The fourth-order valence-corrected chi connectivity index (χ4v) is 2.28. The van der Waals surface area contributed by atoms with Crippen molar-refractivity contribution in [3.63, 3.8) is 0 Å². The van der Waals surface area contributed by atoms with Crippen molar-refractivity contribution in [2.24, 2.45) is 0 Å². The van der Waals surface area contributed by atoms with Gasteiger partial charge >= 0.3 is 12.0 Å². The Kier molecular flexibility index (Phi) is 4.26. The molecule has 5 nitrogen and oxygen atoms in total. The molecule has 1 aliphatic rings. The van der Waals surface area contributed by atoms with E-state index in [1.807, 2.05) is 12.1 Å². The molecule has 1 heterocycles. The van der Waals surface area contributed by atoms with Gasteiger partial charge in [0.15, 0.2) is 0 Å². The second-order valence-electron chi connectivity index (χ2n) is 4.47. The number of urea groups is 1. The second kappa shape index (κ2) is 6.11. The van der Waals surface area contributed by atoms with Gasteiger partial charge in [0.1, 0.15) is 6.04 Å². The number of carboxylic acids is 1. The molecule has 1 aliphatic heterocycles. The highest BCUT2D eigenvalue weighted by molar-refractivity contribution is 6.01. The van der Waals surface area contributed by atoms with Gasteiger partial charge in [0.25, 0.3) is 0 Å². The summed E-state index contributed by atoms with van der Waals surface area (Å²) in [6.07, 6.45) is 0.892. The lowest BCUT2D eigenvalue weighted by molar-refractivity contribution is -0.138. The summed E-state index contributed by atoms with van der Waals surface area (Å²) in [4.78, 5) is 24.8. The van der Waals surface area contributed by atoms with Gasteiger partial charge in [-0.05, 0) is 18.6 Å². The number of nitrogens with zero attached hydrogens (tertiary/aromatic N) is 1. The Morgan fingerprint density at radius 1 is 1.45 bits per heavy atom. The third kappa shape index (κ3) is 2.75. The minimum atomic E-state index is -0.996. The van der Waals surface area contributed by atoms with Crippen molar-refractivity contribution < 1.29 is 14.7 Å². The lowest BCUT2D eigenvalue weighted by Gasteiger charge is -2.22. The molecule has 2 N–H and O–H groups in total. The zero-order valence-electron chi connectivity index (χ0n) is 11.2. The molecule has 1 atom stereocenters. The van der Waals surface area contributed by atoms with E-state index in [2.05, 4.69) is 17.2 Å². The van der Waals surface area contributed by atoms with Crippen LogP contribution >= 0.6 is 0 Å². The normalized spacial score (nSPS) is 16.1. The van der Waals surface area contributed by atoms with Gasteiger partial charge in [-0.3, -0.25) is 4.90 Å².